The Hall–Kier alpha value is -5.50. The highest BCUT2D eigenvalue weighted by molar-refractivity contribution is 6.23. The standard InChI is InChI=1S/C47H55FN8O4/c1-31(49)44(34-10-3-2-4-11-34)45-50-40(29-42(51-45)55-22-20-54(21-23-55)24-25-57)35-12-7-9-32(26-35)8-5-6-17-53-18-15-33(16-19-53)37-27-36(48)28-38-39(37)30-56(47(38)60)41-13-14-43(58)52-46(41)59/h2-4,7,9-12,26-29,33,41,49,51,57H,5-6,8,13-25,30H2,1H3,(H,52,58,59)/b45-44+,49-31?. The van der Waals surface area contributed by atoms with E-state index in [4.69, 9.17) is 10.4 Å². The van der Waals surface area contributed by atoms with Gasteiger partial charge in [-0.1, -0.05) is 48.5 Å². The zero-order valence-electron chi connectivity index (χ0n) is 34.4. The van der Waals surface area contributed by atoms with Crippen LogP contribution >= 0.6 is 0 Å². The average molecular weight is 815 g/mol. The highest BCUT2D eigenvalue weighted by Crippen LogP contribution is 2.38. The normalized spacial score (nSPS) is 21.3. The summed E-state index contributed by atoms with van der Waals surface area (Å²) in [7, 11) is 0. The van der Waals surface area contributed by atoms with Crippen molar-refractivity contribution in [1.82, 2.24) is 30.2 Å². The fourth-order valence-electron chi connectivity index (χ4n) is 9.43. The van der Waals surface area contributed by atoms with Crippen molar-refractivity contribution in [2.24, 2.45) is 4.99 Å². The summed E-state index contributed by atoms with van der Waals surface area (Å²) in [6, 6.07) is 20.8. The molecule has 0 aliphatic carbocycles. The van der Waals surface area contributed by atoms with E-state index in [2.05, 4.69) is 55.7 Å². The maximum absolute atomic E-state index is 14.9. The molecule has 60 heavy (non-hydrogen) atoms. The summed E-state index contributed by atoms with van der Waals surface area (Å²) in [4.78, 5) is 51.4. The van der Waals surface area contributed by atoms with Crippen molar-refractivity contribution < 1.29 is 23.9 Å². The van der Waals surface area contributed by atoms with Gasteiger partial charge in [-0.15, -0.1) is 0 Å². The van der Waals surface area contributed by atoms with Crippen LogP contribution in [0.25, 0.3) is 5.57 Å². The maximum Gasteiger partial charge on any atom is 0.255 e. The Balaban J connectivity index is 0.894. The van der Waals surface area contributed by atoms with Gasteiger partial charge in [0.15, 0.2) is 0 Å². The molecule has 1 unspecified atom stereocenters. The van der Waals surface area contributed by atoms with E-state index in [9.17, 15) is 23.9 Å². The first-order valence-electron chi connectivity index (χ1n) is 21.4. The first-order chi connectivity index (χ1) is 29.1. The second-order valence-corrected chi connectivity index (χ2v) is 16.6. The number of nitrogens with zero attached hydrogens (tertiary/aromatic N) is 5. The molecule has 314 valence electrons. The minimum atomic E-state index is -0.721. The van der Waals surface area contributed by atoms with Crippen LogP contribution in [0.4, 0.5) is 4.39 Å². The van der Waals surface area contributed by atoms with E-state index < -0.39 is 17.8 Å². The fourth-order valence-corrected chi connectivity index (χ4v) is 9.43. The summed E-state index contributed by atoms with van der Waals surface area (Å²) in [5.74, 6) is 0.205. The number of imide groups is 1. The molecule has 3 aromatic rings. The van der Waals surface area contributed by atoms with Gasteiger partial charge in [0.05, 0.1) is 12.3 Å². The number of likely N-dealkylation sites (tertiary alicyclic amines) is 1. The highest BCUT2D eigenvalue weighted by Gasteiger charge is 2.41. The van der Waals surface area contributed by atoms with E-state index in [1.54, 1.807) is 13.0 Å². The lowest BCUT2D eigenvalue weighted by Crippen LogP contribution is -2.52. The summed E-state index contributed by atoms with van der Waals surface area (Å²) in [5.41, 5.74) is 7.32. The van der Waals surface area contributed by atoms with Crippen molar-refractivity contribution >= 4 is 34.7 Å². The van der Waals surface area contributed by atoms with Crippen molar-refractivity contribution in [2.75, 3.05) is 59.0 Å². The van der Waals surface area contributed by atoms with Gasteiger partial charge in [-0.05, 0) is 111 Å². The average Bonchev–Trinajstić information content (AvgIpc) is 3.58. The lowest BCUT2D eigenvalue weighted by molar-refractivity contribution is -0.136. The van der Waals surface area contributed by atoms with Gasteiger partial charge >= 0.3 is 0 Å². The molecule has 3 amide bonds. The molecule has 4 N–H and O–H groups in total. The third-order valence-electron chi connectivity index (χ3n) is 12.7. The molecule has 5 heterocycles. The van der Waals surface area contributed by atoms with E-state index in [0.717, 1.165) is 117 Å². The summed E-state index contributed by atoms with van der Waals surface area (Å²) in [5, 5.41) is 24.2. The monoisotopic (exact) mass is 814 g/mol. The predicted octanol–water partition coefficient (Wildman–Crippen LogP) is 5.04. The molecule has 12 nitrogen and oxygen atoms in total. The topological polar surface area (TPSA) is 145 Å². The third kappa shape index (κ3) is 9.13. The molecule has 0 saturated carbocycles. The van der Waals surface area contributed by atoms with Crippen LogP contribution in [0.2, 0.25) is 0 Å². The molecular formula is C47H55FN8O4. The number of unbranched alkanes of at least 4 members (excludes halogenated alkanes) is 1. The van der Waals surface area contributed by atoms with Crippen LogP contribution in [0.5, 0.6) is 0 Å². The fraction of sp³-hybridized carbons (Fsp3) is 0.426. The Morgan fingerprint density at radius 2 is 1.65 bits per heavy atom. The van der Waals surface area contributed by atoms with Crippen molar-refractivity contribution in [3.63, 3.8) is 0 Å². The van der Waals surface area contributed by atoms with Gasteiger partial charge in [-0.3, -0.25) is 24.6 Å². The number of halogens is 1. The highest BCUT2D eigenvalue weighted by atomic mass is 19.1. The number of carbonyl (C=O) groups excluding carboxylic acids is 3. The number of fused-ring (bicyclic) bond motifs is 1. The number of rotatable bonds is 13. The number of benzene rings is 3. The molecular weight excluding hydrogens is 760 g/mol. The number of aliphatic hydroxyl groups excluding tert-OH is 1. The van der Waals surface area contributed by atoms with Crippen LogP contribution < -0.4 is 10.6 Å². The van der Waals surface area contributed by atoms with Gasteiger partial charge in [0.25, 0.3) is 5.91 Å². The quantitative estimate of drug-likeness (QED) is 0.107. The Kier molecular flexibility index (Phi) is 12.7. The van der Waals surface area contributed by atoms with Gasteiger partial charge in [0, 0.05) is 74.2 Å². The lowest BCUT2D eigenvalue weighted by atomic mass is 9.85. The van der Waals surface area contributed by atoms with E-state index in [0.29, 0.717) is 23.6 Å². The number of aliphatic imine (C=N–C) groups is 1. The summed E-state index contributed by atoms with van der Waals surface area (Å²) >= 11 is 0. The molecule has 1 atom stereocenters. The number of hydrogen-bond donors (Lipinski definition) is 4. The van der Waals surface area contributed by atoms with E-state index in [1.165, 1.54) is 16.5 Å². The lowest BCUT2D eigenvalue weighted by Gasteiger charge is -2.38. The van der Waals surface area contributed by atoms with Gasteiger partial charge in [0.2, 0.25) is 11.8 Å². The maximum atomic E-state index is 14.9. The minimum Gasteiger partial charge on any atom is -0.395 e. The number of allylic oxidation sites excluding steroid dienone is 2. The van der Waals surface area contributed by atoms with E-state index >= 15 is 0 Å². The molecule has 13 heteroatoms. The number of piperidine rings is 2. The summed E-state index contributed by atoms with van der Waals surface area (Å²) < 4.78 is 14.9. The number of amides is 3. The third-order valence-corrected chi connectivity index (χ3v) is 12.7. The van der Waals surface area contributed by atoms with Gasteiger partial charge < -0.3 is 30.5 Å². The van der Waals surface area contributed by atoms with Gasteiger partial charge in [0.1, 0.15) is 23.5 Å². The summed E-state index contributed by atoms with van der Waals surface area (Å²) in [6.45, 7) is 9.02. The van der Waals surface area contributed by atoms with Crippen LogP contribution in [0.3, 0.4) is 0 Å². The number of nitrogens with one attached hydrogen (secondary N) is 3. The smallest absolute Gasteiger partial charge is 0.255 e. The van der Waals surface area contributed by atoms with Crippen LogP contribution in [0.15, 0.2) is 89.4 Å². The first-order valence-corrected chi connectivity index (χ1v) is 21.4. The summed E-state index contributed by atoms with van der Waals surface area (Å²) in [6.07, 6.45) is 7.34. The molecule has 3 aromatic carbocycles. The number of aryl methyl sites for hydroxylation is 1. The number of aliphatic hydroxyl groups is 1. The second-order valence-electron chi connectivity index (χ2n) is 16.6. The first kappa shape index (κ1) is 41.2. The molecule has 3 fully saturated rings. The largest absolute Gasteiger partial charge is 0.395 e. The zero-order chi connectivity index (χ0) is 41.8. The zero-order valence-corrected chi connectivity index (χ0v) is 34.4. The molecule has 0 spiro atoms. The van der Waals surface area contributed by atoms with Crippen molar-refractivity contribution in [3.05, 3.63) is 124 Å². The number of carbonyl (C=O) groups is 3. The number of piperazine rings is 1. The number of hydrogen-bond acceptors (Lipinski definition) is 10. The molecule has 0 aromatic heterocycles. The molecule has 8 rings (SSSR count). The molecule has 3 saturated heterocycles. The van der Waals surface area contributed by atoms with Gasteiger partial charge in [-0.25, -0.2) is 9.38 Å². The van der Waals surface area contributed by atoms with Crippen molar-refractivity contribution in [1.29, 1.82) is 5.41 Å². The minimum absolute atomic E-state index is 0.133. The molecule has 5 aliphatic rings. The van der Waals surface area contributed by atoms with Crippen molar-refractivity contribution in [3.8, 4) is 0 Å². The Morgan fingerprint density at radius 3 is 2.38 bits per heavy atom. The van der Waals surface area contributed by atoms with Crippen LogP contribution in [0, 0.1) is 11.2 Å². The Bertz CT molecular complexity index is 2220. The van der Waals surface area contributed by atoms with E-state index in [1.807, 2.05) is 30.3 Å². The number of β-amino-alcohol motifs (C(OH)–C–C–N with tert-alkyl or cyclic N) is 1. The predicted molar refractivity (Wildman–Crippen MR) is 230 cm³/mol. The van der Waals surface area contributed by atoms with Crippen LogP contribution in [0.1, 0.15) is 89.5 Å². The van der Waals surface area contributed by atoms with Crippen LogP contribution in [-0.2, 0) is 22.6 Å². The van der Waals surface area contributed by atoms with Gasteiger partial charge in [-0.2, -0.15) is 0 Å². The molecule has 5 aliphatic heterocycles. The Morgan fingerprint density at radius 1 is 0.883 bits per heavy atom. The Labute approximate surface area is 351 Å². The van der Waals surface area contributed by atoms with E-state index in [-0.39, 0.29) is 43.7 Å². The second kappa shape index (κ2) is 18.4. The van der Waals surface area contributed by atoms with Crippen LogP contribution in [-0.4, -0.2) is 119 Å². The molecule has 0 bridgehead atoms. The van der Waals surface area contributed by atoms with Crippen molar-refractivity contribution in [2.45, 2.75) is 70.4 Å². The molecule has 0 radical (unpaired) electrons. The SMILES string of the molecule is CC(=N)/C(=C1/N=C(c2cccc(CCCCN3CCC(c4cc(F)cc5c4CN(C4CCC(=O)NC4=O)C5=O)CC3)c2)C=C(N2CCN(CCO)CC2)N1)c1ccccc1.